The third-order valence-corrected chi connectivity index (χ3v) is 4.23. The summed E-state index contributed by atoms with van der Waals surface area (Å²) in [5.74, 6) is 2.96. The van der Waals surface area contributed by atoms with Crippen molar-refractivity contribution in [2.24, 2.45) is 0 Å². The molecule has 2 rings (SSSR count). The Hall–Kier alpha value is -1.33. The number of nitrogens with zero attached hydrogens (tertiary/aromatic N) is 3. The summed E-state index contributed by atoms with van der Waals surface area (Å²) in [5.41, 5.74) is 0. The minimum Gasteiger partial charge on any atom is -0.370 e. The van der Waals surface area contributed by atoms with Crippen molar-refractivity contribution >= 4 is 34.6 Å². The van der Waals surface area contributed by atoms with Crippen LogP contribution in [-0.4, -0.2) is 23.6 Å². The largest absolute Gasteiger partial charge is 0.370 e. The van der Waals surface area contributed by atoms with Crippen LogP contribution in [0.5, 0.6) is 0 Å². The molecule has 0 fully saturated rings. The highest BCUT2D eigenvalue weighted by molar-refractivity contribution is 7.16. The van der Waals surface area contributed by atoms with E-state index in [9.17, 15) is 0 Å². The molecule has 1 N–H and O–H groups in total. The van der Waals surface area contributed by atoms with Gasteiger partial charge in [-0.2, -0.15) is 0 Å². The molecule has 0 aliphatic carbocycles. The molecule has 0 aliphatic rings. The van der Waals surface area contributed by atoms with Gasteiger partial charge in [0.1, 0.15) is 17.5 Å². The number of hydrogen-bond acceptors (Lipinski definition) is 5. The molecule has 0 bridgehead atoms. The Labute approximate surface area is 135 Å². The molecule has 0 spiro atoms. The molecule has 2 aromatic rings. The second-order valence-electron chi connectivity index (χ2n) is 5.22. The van der Waals surface area contributed by atoms with Gasteiger partial charge in [0.2, 0.25) is 0 Å². The standard InChI is InChI=1S/C15H21ClN4S/c1-5-17-13-8-14(19-15(18-13)10(2)3)20(4)9-11-6-7-12(16)21-11/h6-8,10H,5,9H2,1-4H3,(H,17,18,19). The van der Waals surface area contributed by atoms with E-state index in [0.717, 1.165) is 34.9 Å². The summed E-state index contributed by atoms with van der Waals surface area (Å²) in [6.07, 6.45) is 0. The van der Waals surface area contributed by atoms with Gasteiger partial charge in [-0.25, -0.2) is 9.97 Å². The van der Waals surface area contributed by atoms with Crippen LogP contribution in [0.3, 0.4) is 0 Å². The van der Waals surface area contributed by atoms with Crippen molar-refractivity contribution in [1.29, 1.82) is 0 Å². The number of hydrogen-bond donors (Lipinski definition) is 1. The minimum atomic E-state index is 0.298. The number of aromatic nitrogens is 2. The highest BCUT2D eigenvalue weighted by Crippen LogP contribution is 2.25. The number of halogens is 1. The lowest BCUT2D eigenvalue weighted by Crippen LogP contribution is -2.19. The van der Waals surface area contributed by atoms with E-state index in [0.29, 0.717) is 5.92 Å². The van der Waals surface area contributed by atoms with E-state index in [1.165, 1.54) is 4.88 Å². The van der Waals surface area contributed by atoms with Crippen LogP contribution in [-0.2, 0) is 6.54 Å². The molecular weight excluding hydrogens is 304 g/mol. The molecule has 114 valence electrons. The van der Waals surface area contributed by atoms with Gasteiger partial charge in [0.15, 0.2) is 0 Å². The first-order valence-corrected chi connectivity index (χ1v) is 8.27. The highest BCUT2D eigenvalue weighted by atomic mass is 35.5. The predicted molar refractivity (Wildman–Crippen MR) is 91.7 cm³/mol. The van der Waals surface area contributed by atoms with Crippen molar-refractivity contribution in [3.63, 3.8) is 0 Å². The predicted octanol–water partition coefficient (Wildman–Crippen LogP) is 4.38. The second kappa shape index (κ2) is 7.09. The smallest absolute Gasteiger partial charge is 0.135 e. The van der Waals surface area contributed by atoms with Crippen LogP contribution in [0, 0.1) is 0 Å². The van der Waals surface area contributed by atoms with Crippen molar-refractivity contribution < 1.29 is 0 Å². The zero-order valence-corrected chi connectivity index (χ0v) is 14.4. The third-order valence-electron chi connectivity index (χ3n) is 3.02. The number of nitrogens with one attached hydrogen (secondary N) is 1. The molecule has 4 nitrogen and oxygen atoms in total. The molecule has 0 atom stereocenters. The Morgan fingerprint density at radius 1 is 1.33 bits per heavy atom. The fourth-order valence-electron chi connectivity index (χ4n) is 1.93. The van der Waals surface area contributed by atoms with E-state index >= 15 is 0 Å². The van der Waals surface area contributed by atoms with E-state index in [1.807, 2.05) is 19.2 Å². The summed E-state index contributed by atoms with van der Waals surface area (Å²) < 4.78 is 0.817. The van der Waals surface area contributed by atoms with Crippen LogP contribution in [0.25, 0.3) is 0 Å². The Morgan fingerprint density at radius 2 is 2.10 bits per heavy atom. The van der Waals surface area contributed by atoms with Gasteiger partial charge in [-0.15, -0.1) is 11.3 Å². The van der Waals surface area contributed by atoms with E-state index in [-0.39, 0.29) is 0 Å². The summed E-state index contributed by atoms with van der Waals surface area (Å²) in [5, 5.41) is 3.27. The zero-order valence-electron chi connectivity index (χ0n) is 12.9. The molecule has 21 heavy (non-hydrogen) atoms. The summed E-state index contributed by atoms with van der Waals surface area (Å²) in [7, 11) is 2.04. The average molecular weight is 325 g/mol. The van der Waals surface area contributed by atoms with Gasteiger partial charge in [-0.1, -0.05) is 25.4 Å². The van der Waals surface area contributed by atoms with E-state index in [4.69, 9.17) is 11.6 Å². The zero-order chi connectivity index (χ0) is 15.4. The van der Waals surface area contributed by atoms with Gasteiger partial charge in [0, 0.05) is 30.5 Å². The van der Waals surface area contributed by atoms with Crippen molar-refractivity contribution in [3.8, 4) is 0 Å². The number of anilines is 2. The lowest BCUT2D eigenvalue weighted by Gasteiger charge is -2.19. The molecule has 0 unspecified atom stereocenters. The fraction of sp³-hybridized carbons (Fsp3) is 0.467. The van der Waals surface area contributed by atoms with Gasteiger partial charge < -0.3 is 10.2 Å². The number of thiophene rings is 1. The monoisotopic (exact) mass is 324 g/mol. The van der Waals surface area contributed by atoms with Gasteiger partial charge in [-0.05, 0) is 19.1 Å². The molecule has 2 heterocycles. The maximum atomic E-state index is 5.99. The van der Waals surface area contributed by atoms with Crippen molar-refractivity contribution in [1.82, 2.24) is 9.97 Å². The molecule has 0 amide bonds. The Bertz CT molecular complexity index is 597. The van der Waals surface area contributed by atoms with Crippen LogP contribution >= 0.6 is 22.9 Å². The van der Waals surface area contributed by atoms with Crippen LogP contribution in [0.1, 0.15) is 37.4 Å². The van der Waals surface area contributed by atoms with E-state index < -0.39 is 0 Å². The van der Waals surface area contributed by atoms with Crippen LogP contribution in [0.2, 0.25) is 4.34 Å². The molecule has 2 aromatic heterocycles. The summed E-state index contributed by atoms with van der Waals surface area (Å²) in [6.45, 7) is 7.91. The quantitative estimate of drug-likeness (QED) is 0.856. The molecule has 0 saturated carbocycles. The van der Waals surface area contributed by atoms with Crippen LogP contribution in [0.4, 0.5) is 11.6 Å². The van der Waals surface area contributed by atoms with E-state index in [2.05, 4.69) is 47.0 Å². The SMILES string of the molecule is CCNc1cc(N(C)Cc2ccc(Cl)s2)nc(C(C)C)n1. The van der Waals surface area contributed by atoms with Crippen LogP contribution in [0.15, 0.2) is 18.2 Å². The number of rotatable bonds is 6. The third kappa shape index (κ3) is 4.32. The summed E-state index contributed by atoms with van der Waals surface area (Å²) in [4.78, 5) is 12.6. The van der Waals surface area contributed by atoms with Crippen molar-refractivity contribution in [2.75, 3.05) is 23.8 Å². The minimum absolute atomic E-state index is 0.298. The fourth-order valence-corrected chi connectivity index (χ4v) is 3.07. The molecular formula is C15H21ClN4S. The maximum absolute atomic E-state index is 5.99. The summed E-state index contributed by atoms with van der Waals surface area (Å²) in [6, 6.07) is 5.98. The first-order chi connectivity index (χ1) is 9.99. The Morgan fingerprint density at radius 3 is 2.67 bits per heavy atom. The average Bonchev–Trinajstić information content (AvgIpc) is 2.84. The van der Waals surface area contributed by atoms with Gasteiger partial charge in [0.05, 0.1) is 10.9 Å². The van der Waals surface area contributed by atoms with Gasteiger partial charge >= 0.3 is 0 Å². The normalized spacial score (nSPS) is 11.0. The topological polar surface area (TPSA) is 41.0 Å². The van der Waals surface area contributed by atoms with Crippen LogP contribution < -0.4 is 10.2 Å². The maximum Gasteiger partial charge on any atom is 0.135 e. The van der Waals surface area contributed by atoms with E-state index in [1.54, 1.807) is 11.3 Å². The lowest BCUT2D eigenvalue weighted by atomic mass is 10.2. The Balaban J connectivity index is 2.24. The van der Waals surface area contributed by atoms with Crippen molar-refractivity contribution in [3.05, 3.63) is 33.2 Å². The molecule has 0 aliphatic heterocycles. The highest BCUT2D eigenvalue weighted by Gasteiger charge is 2.12. The molecule has 0 aromatic carbocycles. The second-order valence-corrected chi connectivity index (χ2v) is 7.02. The first-order valence-electron chi connectivity index (χ1n) is 7.07. The first kappa shape index (κ1) is 16.0. The van der Waals surface area contributed by atoms with Gasteiger partial charge in [-0.3, -0.25) is 0 Å². The van der Waals surface area contributed by atoms with Gasteiger partial charge in [0.25, 0.3) is 0 Å². The lowest BCUT2D eigenvalue weighted by molar-refractivity contribution is 0.764. The Kier molecular flexibility index (Phi) is 5.42. The molecule has 6 heteroatoms. The summed E-state index contributed by atoms with van der Waals surface area (Å²) >= 11 is 7.59. The molecule has 0 saturated heterocycles. The molecule has 0 radical (unpaired) electrons. The van der Waals surface area contributed by atoms with Crippen molar-refractivity contribution in [2.45, 2.75) is 33.2 Å².